The van der Waals surface area contributed by atoms with Gasteiger partial charge in [0.05, 0.1) is 12.0 Å². The largest absolute Gasteiger partial charge is 0.490 e. The molecule has 3 nitrogen and oxygen atoms in total. The average Bonchev–Trinajstić information content (AvgIpc) is 2.78. The first kappa shape index (κ1) is 14.4. The zero-order valence-corrected chi connectivity index (χ0v) is 11.7. The lowest BCUT2D eigenvalue weighted by Crippen LogP contribution is -2.21. The topological polar surface area (TPSA) is 30.5 Å². The van der Waals surface area contributed by atoms with Gasteiger partial charge in [-0.3, -0.25) is 5.32 Å². The summed E-state index contributed by atoms with van der Waals surface area (Å²) in [5.41, 5.74) is 1.01. The highest BCUT2D eigenvalue weighted by Crippen LogP contribution is 2.37. The summed E-state index contributed by atoms with van der Waals surface area (Å²) in [6, 6.07) is 5.55. The van der Waals surface area contributed by atoms with Crippen LogP contribution in [-0.4, -0.2) is 25.0 Å². The van der Waals surface area contributed by atoms with E-state index in [0.29, 0.717) is 18.4 Å². The SMILES string of the molecule is CCOc1cc(C2NC(C)CS2)ccc1OC(F)F. The predicted molar refractivity (Wildman–Crippen MR) is 72.0 cm³/mol. The van der Waals surface area contributed by atoms with E-state index in [1.54, 1.807) is 23.9 Å². The summed E-state index contributed by atoms with van der Waals surface area (Å²) >= 11 is 1.79. The summed E-state index contributed by atoms with van der Waals surface area (Å²) in [5, 5.41) is 3.59. The molecular formula is C13H17F2NO2S. The quantitative estimate of drug-likeness (QED) is 0.900. The van der Waals surface area contributed by atoms with E-state index in [2.05, 4.69) is 17.0 Å². The molecule has 1 fully saturated rings. The van der Waals surface area contributed by atoms with Gasteiger partial charge >= 0.3 is 6.61 Å². The van der Waals surface area contributed by atoms with Gasteiger partial charge in [0.25, 0.3) is 0 Å². The van der Waals surface area contributed by atoms with E-state index >= 15 is 0 Å². The molecule has 0 spiro atoms. The maximum atomic E-state index is 12.3. The Labute approximate surface area is 115 Å². The van der Waals surface area contributed by atoms with Crippen LogP contribution in [0, 0.1) is 0 Å². The predicted octanol–water partition coefficient (Wildman–Crippen LogP) is 3.41. The zero-order chi connectivity index (χ0) is 13.8. The van der Waals surface area contributed by atoms with Crippen LogP contribution in [0.15, 0.2) is 18.2 Å². The number of halogens is 2. The lowest BCUT2D eigenvalue weighted by atomic mass is 10.2. The van der Waals surface area contributed by atoms with Crippen LogP contribution in [0.25, 0.3) is 0 Å². The smallest absolute Gasteiger partial charge is 0.387 e. The Kier molecular flexibility index (Phi) is 4.87. The summed E-state index contributed by atoms with van der Waals surface area (Å²) in [5.74, 6) is 1.48. The van der Waals surface area contributed by atoms with Crippen molar-refractivity contribution in [1.29, 1.82) is 0 Å². The molecule has 1 aliphatic heterocycles. The van der Waals surface area contributed by atoms with Gasteiger partial charge in [0.2, 0.25) is 0 Å². The Balaban J connectivity index is 2.20. The van der Waals surface area contributed by atoms with Crippen molar-refractivity contribution < 1.29 is 18.3 Å². The van der Waals surface area contributed by atoms with Crippen LogP contribution in [0.3, 0.4) is 0 Å². The molecule has 1 aliphatic rings. The minimum absolute atomic E-state index is 0.0802. The first-order valence-corrected chi connectivity index (χ1v) is 7.24. The second kappa shape index (κ2) is 6.43. The molecular weight excluding hydrogens is 272 g/mol. The van der Waals surface area contributed by atoms with Gasteiger partial charge in [-0.25, -0.2) is 0 Å². The van der Waals surface area contributed by atoms with Gasteiger partial charge < -0.3 is 9.47 Å². The number of rotatable bonds is 5. The number of benzene rings is 1. The summed E-state index contributed by atoms with van der Waals surface area (Å²) < 4.78 is 34.4. The van der Waals surface area contributed by atoms with Gasteiger partial charge in [0.1, 0.15) is 0 Å². The molecule has 0 aromatic heterocycles. The second-order valence-corrected chi connectivity index (χ2v) is 5.44. The fraction of sp³-hybridized carbons (Fsp3) is 0.538. The van der Waals surface area contributed by atoms with E-state index in [1.165, 1.54) is 6.07 Å². The molecule has 1 heterocycles. The molecule has 1 aromatic rings. The Bertz CT molecular complexity index is 431. The maximum absolute atomic E-state index is 12.3. The van der Waals surface area contributed by atoms with E-state index < -0.39 is 6.61 Å². The lowest BCUT2D eigenvalue weighted by Gasteiger charge is -2.16. The molecule has 2 rings (SSSR count). The average molecular weight is 289 g/mol. The molecule has 2 atom stereocenters. The molecule has 0 aliphatic carbocycles. The number of alkyl halides is 2. The van der Waals surface area contributed by atoms with E-state index in [1.807, 2.05) is 6.92 Å². The van der Waals surface area contributed by atoms with Crippen molar-refractivity contribution in [3.63, 3.8) is 0 Å². The van der Waals surface area contributed by atoms with Crippen molar-refractivity contribution in [1.82, 2.24) is 5.32 Å². The number of hydrogen-bond donors (Lipinski definition) is 1. The molecule has 1 aromatic carbocycles. The molecule has 0 saturated carbocycles. The van der Waals surface area contributed by atoms with Crippen molar-refractivity contribution in [2.24, 2.45) is 0 Å². The zero-order valence-electron chi connectivity index (χ0n) is 10.9. The standard InChI is InChI=1S/C13H17F2NO2S/c1-3-17-11-6-9(12-16-8(2)7-19-12)4-5-10(11)18-13(14)15/h4-6,8,12-13,16H,3,7H2,1-2H3. The molecule has 1 N–H and O–H groups in total. The third kappa shape index (κ3) is 3.73. The van der Waals surface area contributed by atoms with E-state index in [4.69, 9.17) is 4.74 Å². The molecule has 0 amide bonds. The van der Waals surface area contributed by atoms with E-state index in [-0.39, 0.29) is 11.1 Å². The van der Waals surface area contributed by atoms with E-state index in [9.17, 15) is 8.78 Å². The van der Waals surface area contributed by atoms with Gasteiger partial charge in [0, 0.05) is 11.8 Å². The fourth-order valence-electron chi connectivity index (χ4n) is 1.94. The van der Waals surface area contributed by atoms with E-state index in [0.717, 1.165) is 11.3 Å². The van der Waals surface area contributed by atoms with Crippen LogP contribution in [0.5, 0.6) is 11.5 Å². The first-order chi connectivity index (χ1) is 9.10. The Hall–Kier alpha value is -1.01. The summed E-state index contributed by atoms with van der Waals surface area (Å²) in [4.78, 5) is 0. The third-order valence-corrected chi connectivity index (χ3v) is 4.17. The number of ether oxygens (including phenoxy) is 2. The Morgan fingerprint density at radius 1 is 1.42 bits per heavy atom. The second-order valence-electron chi connectivity index (χ2n) is 4.30. The van der Waals surface area contributed by atoms with Crippen LogP contribution >= 0.6 is 11.8 Å². The molecule has 1 saturated heterocycles. The highest BCUT2D eigenvalue weighted by Gasteiger charge is 2.23. The van der Waals surface area contributed by atoms with Crippen molar-refractivity contribution in [3.05, 3.63) is 23.8 Å². The van der Waals surface area contributed by atoms with Gasteiger partial charge in [-0.2, -0.15) is 8.78 Å². The van der Waals surface area contributed by atoms with Crippen LogP contribution in [0.2, 0.25) is 0 Å². The number of thioether (sulfide) groups is 1. The van der Waals surface area contributed by atoms with Gasteiger partial charge in [-0.15, -0.1) is 11.8 Å². The third-order valence-electron chi connectivity index (χ3n) is 2.74. The maximum Gasteiger partial charge on any atom is 0.387 e. The van der Waals surface area contributed by atoms with Crippen LogP contribution in [0.4, 0.5) is 8.78 Å². The summed E-state index contributed by atoms with van der Waals surface area (Å²) in [7, 11) is 0. The van der Waals surface area contributed by atoms with Crippen LogP contribution in [0.1, 0.15) is 24.8 Å². The van der Waals surface area contributed by atoms with Gasteiger partial charge in [0.15, 0.2) is 11.5 Å². The van der Waals surface area contributed by atoms with Crippen molar-refractivity contribution in [3.8, 4) is 11.5 Å². The molecule has 0 bridgehead atoms. The monoisotopic (exact) mass is 289 g/mol. The van der Waals surface area contributed by atoms with Gasteiger partial charge in [-0.05, 0) is 31.5 Å². The molecule has 0 radical (unpaired) electrons. The molecule has 6 heteroatoms. The van der Waals surface area contributed by atoms with Crippen molar-refractivity contribution in [2.75, 3.05) is 12.4 Å². The van der Waals surface area contributed by atoms with Gasteiger partial charge in [-0.1, -0.05) is 6.07 Å². The normalized spacial score (nSPS) is 22.8. The van der Waals surface area contributed by atoms with Crippen LogP contribution in [-0.2, 0) is 0 Å². The minimum atomic E-state index is -2.84. The molecule has 2 unspecified atom stereocenters. The highest BCUT2D eigenvalue weighted by atomic mass is 32.2. The lowest BCUT2D eigenvalue weighted by molar-refractivity contribution is -0.0514. The van der Waals surface area contributed by atoms with Crippen LogP contribution < -0.4 is 14.8 Å². The Morgan fingerprint density at radius 3 is 2.79 bits per heavy atom. The van der Waals surface area contributed by atoms with Crippen molar-refractivity contribution in [2.45, 2.75) is 31.9 Å². The Morgan fingerprint density at radius 2 is 2.21 bits per heavy atom. The minimum Gasteiger partial charge on any atom is -0.490 e. The highest BCUT2D eigenvalue weighted by molar-refractivity contribution is 7.99. The number of nitrogens with one attached hydrogen (secondary N) is 1. The van der Waals surface area contributed by atoms with Crippen molar-refractivity contribution >= 4 is 11.8 Å². The summed E-state index contributed by atoms with van der Waals surface area (Å²) in [6.45, 7) is 1.49. The first-order valence-electron chi connectivity index (χ1n) is 6.19. The fourth-order valence-corrected chi connectivity index (χ4v) is 3.18. The molecule has 19 heavy (non-hydrogen) atoms. The molecule has 106 valence electrons. The summed E-state index contributed by atoms with van der Waals surface area (Å²) in [6.07, 6.45) is 0. The number of hydrogen-bond acceptors (Lipinski definition) is 4.